The molecule has 0 fully saturated rings. The molecule has 0 aliphatic carbocycles. The molecule has 0 saturated heterocycles. The highest BCUT2D eigenvalue weighted by Gasteiger charge is 2.07. The largest absolute Gasteiger partial charge is 0.464 e. The molecule has 86 valence electrons. The predicted molar refractivity (Wildman–Crippen MR) is 65.2 cm³/mol. The van der Waals surface area contributed by atoms with Crippen LogP contribution in [0.1, 0.15) is 17.1 Å². The van der Waals surface area contributed by atoms with Crippen molar-refractivity contribution in [3.8, 4) is 0 Å². The van der Waals surface area contributed by atoms with Crippen LogP contribution < -0.4 is 5.32 Å². The highest BCUT2D eigenvalue weighted by Crippen LogP contribution is 2.16. The first kappa shape index (κ1) is 11.4. The fourth-order valence-electron chi connectivity index (χ4n) is 1.62. The van der Waals surface area contributed by atoms with Gasteiger partial charge in [-0.2, -0.15) is 5.10 Å². The van der Waals surface area contributed by atoms with E-state index < -0.39 is 0 Å². The number of nitrogens with zero attached hydrogens (tertiary/aromatic N) is 2. The zero-order valence-electron chi connectivity index (χ0n) is 9.33. The van der Waals surface area contributed by atoms with Gasteiger partial charge in [-0.3, -0.25) is 4.68 Å². The van der Waals surface area contributed by atoms with E-state index in [1.807, 2.05) is 24.9 Å². The molecule has 0 atom stereocenters. The summed E-state index contributed by atoms with van der Waals surface area (Å²) in [6, 6.07) is 2.07. The van der Waals surface area contributed by atoms with E-state index in [0.717, 1.165) is 22.5 Å². The summed E-state index contributed by atoms with van der Waals surface area (Å²) in [4.78, 5) is 0. The fraction of sp³-hybridized carbons (Fsp3) is 0.364. The van der Waals surface area contributed by atoms with Crippen LogP contribution in [0.25, 0.3) is 0 Å². The van der Waals surface area contributed by atoms with E-state index in [9.17, 15) is 0 Å². The van der Waals surface area contributed by atoms with Gasteiger partial charge < -0.3 is 9.73 Å². The second kappa shape index (κ2) is 4.84. The Morgan fingerprint density at radius 3 is 3.00 bits per heavy atom. The van der Waals surface area contributed by atoms with Crippen molar-refractivity contribution in [2.45, 2.75) is 20.0 Å². The van der Waals surface area contributed by atoms with Gasteiger partial charge in [0, 0.05) is 18.3 Å². The average Bonchev–Trinajstić information content (AvgIpc) is 2.76. The molecule has 1 N–H and O–H groups in total. The zero-order chi connectivity index (χ0) is 11.5. The van der Waals surface area contributed by atoms with Crippen molar-refractivity contribution in [3.63, 3.8) is 0 Å². The molecule has 16 heavy (non-hydrogen) atoms. The molecule has 2 aromatic rings. The van der Waals surface area contributed by atoms with E-state index in [1.54, 1.807) is 6.20 Å². The van der Waals surface area contributed by atoms with Gasteiger partial charge in [-0.15, -0.1) is 0 Å². The highest BCUT2D eigenvalue weighted by atomic mass is 79.9. The van der Waals surface area contributed by atoms with Gasteiger partial charge in [0.15, 0.2) is 0 Å². The van der Waals surface area contributed by atoms with E-state index >= 15 is 0 Å². The van der Waals surface area contributed by atoms with Crippen LogP contribution in [-0.2, 0) is 13.1 Å². The molecule has 2 rings (SSSR count). The molecule has 2 heterocycles. The molecule has 5 heteroatoms. The van der Waals surface area contributed by atoms with Crippen LogP contribution in [0.4, 0.5) is 0 Å². The quantitative estimate of drug-likeness (QED) is 0.937. The maximum atomic E-state index is 5.66. The zero-order valence-corrected chi connectivity index (χ0v) is 10.9. The summed E-state index contributed by atoms with van der Waals surface area (Å²) < 4.78 is 8.48. The number of furan rings is 1. The van der Waals surface area contributed by atoms with Crippen molar-refractivity contribution in [2.24, 2.45) is 0 Å². The third kappa shape index (κ3) is 2.54. The van der Waals surface area contributed by atoms with Crippen molar-refractivity contribution >= 4 is 15.9 Å². The number of nitrogens with one attached hydrogen (secondary N) is 1. The Bertz CT molecular complexity index is 475. The van der Waals surface area contributed by atoms with Crippen LogP contribution in [0.3, 0.4) is 0 Å². The van der Waals surface area contributed by atoms with Crippen LogP contribution in [0.2, 0.25) is 0 Å². The monoisotopic (exact) mass is 283 g/mol. The molecule has 0 saturated carbocycles. The molecule has 0 aliphatic rings. The lowest BCUT2D eigenvalue weighted by Gasteiger charge is -1.95. The SMILES string of the molecule is CNCc1cc(Cn2cc(Br)cn2)oc1C. The van der Waals surface area contributed by atoms with Crippen LogP contribution in [0.15, 0.2) is 27.3 Å². The Morgan fingerprint density at radius 1 is 1.56 bits per heavy atom. The minimum absolute atomic E-state index is 0.663. The van der Waals surface area contributed by atoms with Crippen molar-refractivity contribution < 1.29 is 4.42 Å². The summed E-state index contributed by atoms with van der Waals surface area (Å²) >= 11 is 3.37. The van der Waals surface area contributed by atoms with Gasteiger partial charge in [-0.25, -0.2) is 0 Å². The standard InChI is InChI=1S/C11H14BrN3O/c1-8-9(4-13-2)3-11(16-8)7-15-6-10(12)5-14-15/h3,5-6,13H,4,7H2,1-2H3. The first-order valence-electron chi connectivity index (χ1n) is 5.10. The molecular weight excluding hydrogens is 270 g/mol. The van der Waals surface area contributed by atoms with Gasteiger partial charge in [0.25, 0.3) is 0 Å². The van der Waals surface area contributed by atoms with E-state index in [1.165, 1.54) is 5.56 Å². The van der Waals surface area contributed by atoms with Crippen LogP contribution in [0.5, 0.6) is 0 Å². The molecule has 2 aromatic heterocycles. The summed E-state index contributed by atoms with van der Waals surface area (Å²) in [7, 11) is 1.93. The minimum Gasteiger partial charge on any atom is -0.464 e. The van der Waals surface area contributed by atoms with Crippen molar-refractivity contribution in [3.05, 3.63) is 40.0 Å². The number of aromatic nitrogens is 2. The molecule has 0 aromatic carbocycles. The molecule has 0 bridgehead atoms. The smallest absolute Gasteiger partial charge is 0.125 e. The molecule has 0 amide bonds. The Kier molecular flexibility index (Phi) is 3.46. The van der Waals surface area contributed by atoms with E-state index in [0.29, 0.717) is 6.54 Å². The minimum atomic E-state index is 0.663. The molecule has 0 aliphatic heterocycles. The Balaban J connectivity index is 2.13. The third-order valence-corrected chi connectivity index (χ3v) is 2.77. The normalized spacial score (nSPS) is 10.9. The number of rotatable bonds is 4. The summed E-state index contributed by atoms with van der Waals surface area (Å²) in [6.45, 7) is 3.48. The lowest BCUT2D eigenvalue weighted by atomic mass is 10.2. The second-order valence-electron chi connectivity index (χ2n) is 3.68. The first-order valence-corrected chi connectivity index (χ1v) is 5.89. The van der Waals surface area contributed by atoms with E-state index in [4.69, 9.17) is 4.42 Å². The molecule has 0 spiro atoms. The average molecular weight is 284 g/mol. The van der Waals surface area contributed by atoms with Gasteiger partial charge in [-0.1, -0.05) is 0 Å². The highest BCUT2D eigenvalue weighted by molar-refractivity contribution is 9.10. The lowest BCUT2D eigenvalue weighted by molar-refractivity contribution is 0.456. The summed E-state index contributed by atoms with van der Waals surface area (Å²) in [6.07, 6.45) is 3.69. The molecule has 4 nitrogen and oxygen atoms in total. The van der Waals surface area contributed by atoms with E-state index in [2.05, 4.69) is 32.4 Å². The Hall–Kier alpha value is -1.07. The number of halogens is 1. The van der Waals surface area contributed by atoms with Gasteiger partial charge in [0.05, 0.1) is 17.2 Å². The van der Waals surface area contributed by atoms with Crippen LogP contribution in [-0.4, -0.2) is 16.8 Å². The van der Waals surface area contributed by atoms with Crippen LogP contribution in [0, 0.1) is 6.92 Å². The molecule has 0 radical (unpaired) electrons. The number of hydrogen-bond acceptors (Lipinski definition) is 3. The fourth-order valence-corrected chi connectivity index (χ4v) is 1.94. The summed E-state index contributed by atoms with van der Waals surface area (Å²) in [5.74, 6) is 1.90. The maximum absolute atomic E-state index is 5.66. The van der Waals surface area contributed by atoms with Crippen LogP contribution >= 0.6 is 15.9 Å². The first-order chi connectivity index (χ1) is 7.69. The number of hydrogen-bond donors (Lipinski definition) is 1. The molecule has 0 unspecified atom stereocenters. The maximum Gasteiger partial charge on any atom is 0.125 e. The van der Waals surface area contributed by atoms with Gasteiger partial charge in [0.1, 0.15) is 11.5 Å². The van der Waals surface area contributed by atoms with Gasteiger partial charge in [0.2, 0.25) is 0 Å². The Morgan fingerprint density at radius 2 is 2.38 bits per heavy atom. The van der Waals surface area contributed by atoms with E-state index in [-0.39, 0.29) is 0 Å². The lowest BCUT2D eigenvalue weighted by Crippen LogP contribution is -2.04. The second-order valence-corrected chi connectivity index (χ2v) is 4.60. The Labute approximate surface area is 103 Å². The third-order valence-electron chi connectivity index (χ3n) is 2.36. The molecular formula is C11H14BrN3O. The van der Waals surface area contributed by atoms with Crippen molar-refractivity contribution in [2.75, 3.05) is 7.05 Å². The number of aryl methyl sites for hydroxylation is 1. The van der Waals surface area contributed by atoms with Crippen molar-refractivity contribution in [1.82, 2.24) is 15.1 Å². The van der Waals surface area contributed by atoms with Crippen molar-refractivity contribution in [1.29, 1.82) is 0 Å². The van der Waals surface area contributed by atoms with Gasteiger partial charge >= 0.3 is 0 Å². The topological polar surface area (TPSA) is 43.0 Å². The summed E-state index contributed by atoms with van der Waals surface area (Å²) in [5.41, 5.74) is 1.20. The summed E-state index contributed by atoms with van der Waals surface area (Å²) in [5, 5.41) is 7.31. The predicted octanol–water partition coefficient (Wildman–Crippen LogP) is 2.31. The van der Waals surface area contributed by atoms with Gasteiger partial charge in [-0.05, 0) is 36.0 Å².